The van der Waals surface area contributed by atoms with E-state index in [1.54, 1.807) is 24.3 Å². The monoisotopic (exact) mass is 389 g/mol. The number of hydrogen-bond acceptors (Lipinski definition) is 3. The zero-order chi connectivity index (χ0) is 20.6. The van der Waals surface area contributed by atoms with Crippen molar-refractivity contribution >= 4 is 28.4 Å². The first-order valence-electron chi connectivity index (χ1n) is 9.29. The molecule has 6 heteroatoms. The van der Waals surface area contributed by atoms with Gasteiger partial charge < -0.3 is 19.9 Å². The number of anilines is 1. The maximum Gasteiger partial charge on any atom is 0.225 e. The fourth-order valence-corrected chi connectivity index (χ4v) is 3.04. The molecule has 0 bridgehead atoms. The minimum absolute atomic E-state index is 0.0698. The average Bonchev–Trinajstić information content (AvgIpc) is 3.00. The van der Waals surface area contributed by atoms with E-state index in [-0.39, 0.29) is 25.0 Å². The fourth-order valence-electron chi connectivity index (χ4n) is 3.04. The van der Waals surface area contributed by atoms with Gasteiger partial charge in [0.05, 0.1) is 13.0 Å². The molecule has 2 amide bonds. The third kappa shape index (κ3) is 5.63. The lowest BCUT2D eigenvalue weighted by atomic mass is 10.1. The average molecular weight is 389 g/mol. The Bertz CT molecular complexity index is 1090. The van der Waals surface area contributed by atoms with E-state index in [9.17, 15) is 9.59 Å². The standard InChI is InChI=1S/C23H23N3O3/c1-17(27)25-19-8-7-9-20(15-19)29-13-6-5-12-24-23(28)14-18-16-26(2)22-11-4-3-10-21(18)22/h3-4,7-11,15-16H,12-14H2,1-2H3,(H,24,28)(H,25,27). The van der Waals surface area contributed by atoms with E-state index in [0.717, 1.165) is 16.5 Å². The van der Waals surface area contributed by atoms with Crippen molar-refractivity contribution in [2.75, 3.05) is 18.5 Å². The van der Waals surface area contributed by atoms with Crippen LogP contribution in [0.4, 0.5) is 5.69 Å². The number of carbonyl (C=O) groups is 2. The number of nitrogens with one attached hydrogen (secondary N) is 2. The van der Waals surface area contributed by atoms with Crippen LogP contribution in [0.2, 0.25) is 0 Å². The van der Waals surface area contributed by atoms with Crippen LogP contribution in [-0.4, -0.2) is 29.5 Å². The second-order valence-electron chi connectivity index (χ2n) is 6.59. The molecule has 148 valence electrons. The van der Waals surface area contributed by atoms with Crippen molar-refractivity contribution in [3.8, 4) is 17.6 Å². The summed E-state index contributed by atoms with van der Waals surface area (Å²) in [7, 11) is 1.97. The van der Waals surface area contributed by atoms with E-state index in [1.807, 2.05) is 42.1 Å². The second-order valence-corrected chi connectivity index (χ2v) is 6.59. The third-order valence-corrected chi connectivity index (χ3v) is 4.29. The topological polar surface area (TPSA) is 72.4 Å². The van der Waals surface area contributed by atoms with Crippen molar-refractivity contribution in [2.24, 2.45) is 7.05 Å². The first kappa shape index (κ1) is 20.0. The molecule has 0 aliphatic rings. The lowest BCUT2D eigenvalue weighted by molar-refractivity contribution is -0.120. The van der Waals surface area contributed by atoms with Gasteiger partial charge in [-0.2, -0.15) is 0 Å². The number of amides is 2. The normalized spacial score (nSPS) is 10.1. The summed E-state index contributed by atoms with van der Waals surface area (Å²) < 4.78 is 7.57. The number of aromatic nitrogens is 1. The first-order chi connectivity index (χ1) is 14.0. The lowest BCUT2D eigenvalue weighted by Gasteiger charge is -2.05. The van der Waals surface area contributed by atoms with Gasteiger partial charge in [-0.1, -0.05) is 36.1 Å². The smallest absolute Gasteiger partial charge is 0.225 e. The molecular formula is C23H23N3O3. The summed E-state index contributed by atoms with van der Waals surface area (Å²) in [6.07, 6.45) is 2.30. The predicted octanol–water partition coefficient (Wildman–Crippen LogP) is 2.88. The quantitative estimate of drug-likeness (QED) is 0.637. The van der Waals surface area contributed by atoms with Crippen LogP contribution in [-0.2, 0) is 23.1 Å². The summed E-state index contributed by atoms with van der Waals surface area (Å²) in [6, 6.07) is 15.1. The third-order valence-electron chi connectivity index (χ3n) is 4.29. The number of benzene rings is 2. The zero-order valence-corrected chi connectivity index (χ0v) is 16.5. The van der Waals surface area contributed by atoms with E-state index in [1.165, 1.54) is 6.92 Å². The molecule has 0 radical (unpaired) electrons. The number of para-hydroxylation sites is 1. The number of hydrogen-bond donors (Lipinski definition) is 2. The van der Waals surface area contributed by atoms with Gasteiger partial charge in [0.2, 0.25) is 11.8 Å². The highest BCUT2D eigenvalue weighted by atomic mass is 16.5. The molecule has 0 unspecified atom stereocenters. The summed E-state index contributed by atoms with van der Waals surface area (Å²) in [5.74, 6) is 6.16. The van der Waals surface area contributed by atoms with Gasteiger partial charge in [0.15, 0.2) is 0 Å². The zero-order valence-electron chi connectivity index (χ0n) is 16.5. The van der Waals surface area contributed by atoms with Gasteiger partial charge >= 0.3 is 0 Å². The molecular weight excluding hydrogens is 366 g/mol. The Labute approximate surface area is 169 Å². The largest absolute Gasteiger partial charge is 0.481 e. The van der Waals surface area contributed by atoms with Crippen molar-refractivity contribution in [3.05, 3.63) is 60.3 Å². The molecule has 2 aromatic carbocycles. The molecule has 0 saturated heterocycles. The van der Waals surface area contributed by atoms with Gasteiger partial charge in [-0.3, -0.25) is 9.59 Å². The van der Waals surface area contributed by atoms with Crippen LogP contribution >= 0.6 is 0 Å². The maximum atomic E-state index is 12.2. The summed E-state index contributed by atoms with van der Waals surface area (Å²) in [5.41, 5.74) is 2.77. The van der Waals surface area contributed by atoms with Gasteiger partial charge in [0.25, 0.3) is 0 Å². The Kier molecular flexibility index (Phi) is 6.54. The lowest BCUT2D eigenvalue weighted by Crippen LogP contribution is -2.25. The van der Waals surface area contributed by atoms with Crippen molar-refractivity contribution in [3.63, 3.8) is 0 Å². The van der Waals surface area contributed by atoms with E-state index in [0.29, 0.717) is 17.9 Å². The SMILES string of the molecule is CC(=O)Nc1cccc(OCC#CCNC(=O)Cc2cn(C)c3ccccc23)c1. The highest BCUT2D eigenvalue weighted by Crippen LogP contribution is 2.20. The molecule has 6 nitrogen and oxygen atoms in total. The Morgan fingerprint density at radius 3 is 2.76 bits per heavy atom. The number of carbonyl (C=O) groups excluding carboxylic acids is 2. The number of aryl methyl sites for hydroxylation is 1. The summed E-state index contributed by atoms with van der Waals surface area (Å²) >= 11 is 0. The predicted molar refractivity (Wildman–Crippen MR) is 114 cm³/mol. The Balaban J connectivity index is 1.44. The second kappa shape index (κ2) is 9.47. The Hall–Kier alpha value is -3.72. The summed E-state index contributed by atoms with van der Waals surface area (Å²) in [5, 5.41) is 6.60. The van der Waals surface area contributed by atoms with Gasteiger partial charge in [0, 0.05) is 42.8 Å². The summed E-state index contributed by atoms with van der Waals surface area (Å²) in [4.78, 5) is 23.3. The Morgan fingerprint density at radius 2 is 1.93 bits per heavy atom. The van der Waals surface area contributed by atoms with Crippen LogP contribution in [0.25, 0.3) is 10.9 Å². The molecule has 0 atom stereocenters. The molecule has 0 saturated carbocycles. The number of nitrogens with zero attached hydrogens (tertiary/aromatic N) is 1. The highest BCUT2D eigenvalue weighted by molar-refractivity contribution is 5.89. The molecule has 0 spiro atoms. The molecule has 3 rings (SSSR count). The van der Waals surface area contributed by atoms with Gasteiger partial charge in [-0.15, -0.1) is 0 Å². The first-order valence-corrected chi connectivity index (χ1v) is 9.29. The van der Waals surface area contributed by atoms with E-state index in [4.69, 9.17) is 4.74 Å². The van der Waals surface area contributed by atoms with E-state index < -0.39 is 0 Å². The summed E-state index contributed by atoms with van der Waals surface area (Å²) in [6.45, 7) is 1.91. The van der Waals surface area contributed by atoms with Gasteiger partial charge in [0.1, 0.15) is 12.4 Å². The van der Waals surface area contributed by atoms with Crippen LogP contribution in [0.15, 0.2) is 54.7 Å². The number of fused-ring (bicyclic) bond motifs is 1. The van der Waals surface area contributed by atoms with Crippen molar-refractivity contribution in [2.45, 2.75) is 13.3 Å². The van der Waals surface area contributed by atoms with Crippen LogP contribution < -0.4 is 15.4 Å². The minimum atomic E-state index is -0.138. The molecule has 3 aromatic rings. The number of ether oxygens (including phenoxy) is 1. The van der Waals surface area contributed by atoms with Crippen LogP contribution in [0.5, 0.6) is 5.75 Å². The molecule has 0 aliphatic heterocycles. The maximum absolute atomic E-state index is 12.2. The molecule has 29 heavy (non-hydrogen) atoms. The van der Waals surface area contributed by atoms with Crippen molar-refractivity contribution in [1.82, 2.24) is 9.88 Å². The molecule has 1 aromatic heterocycles. The Morgan fingerprint density at radius 1 is 1.10 bits per heavy atom. The van der Waals surface area contributed by atoms with Gasteiger partial charge in [-0.25, -0.2) is 0 Å². The molecule has 0 aliphatic carbocycles. The minimum Gasteiger partial charge on any atom is -0.481 e. The van der Waals surface area contributed by atoms with E-state index >= 15 is 0 Å². The fraction of sp³-hybridized carbons (Fsp3) is 0.217. The molecule has 0 fully saturated rings. The van der Waals surface area contributed by atoms with Crippen molar-refractivity contribution in [1.29, 1.82) is 0 Å². The van der Waals surface area contributed by atoms with Crippen molar-refractivity contribution < 1.29 is 14.3 Å². The number of rotatable bonds is 6. The van der Waals surface area contributed by atoms with E-state index in [2.05, 4.69) is 22.5 Å². The van der Waals surface area contributed by atoms with Gasteiger partial charge in [-0.05, 0) is 23.8 Å². The molecule has 1 heterocycles. The van der Waals surface area contributed by atoms with Crippen LogP contribution in [0.1, 0.15) is 12.5 Å². The van der Waals surface area contributed by atoms with Crippen LogP contribution in [0, 0.1) is 11.8 Å². The highest BCUT2D eigenvalue weighted by Gasteiger charge is 2.09. The molecule has 2 N–H and O–H groups in total. The van der Waals surface area contributed by atoms with Crippen LogP contribution in [0.3, 0.4) is 0 Å².